The minimum absolute atomic E-state index is 0.226. The van der Waals surface area contributed by atoms with E-state index in [9.17, 15) is 4.79 Å². The maximum Gasteiger partial charge on any atom is 0.231 e. The van der Waals surface area contributed by atoms with Crippen molar-refractivity contribution in [3.8, 4) is 11.5 Å². The Morgan fingerprint density at radius 1 is 1.18 bits per heavy atom. The highest BCUT2D eigenvalue weighted by Crippen LogP contribution is 2.34. The van der Waals surface area contributed by atoms with Gasteiger partial charge < -0.3 is 24.6 Å². The smallest absolute Gasteiger partial charge is 0.231 e. The van der Waals surface area contributed by atoms with Crippen LogP contribution >= 0.6 is 0 Å². The molecule has 1 N–H and O–H groups in total. The van der Waals surface area contributed by atoms with Gasteiger partial charge in [0.25, 0.3) is 0 Å². The van der Waals surface area contributed by atoms with Crippen LogP contribution in [-0.2, 0) is 4.79 Å². The molecule has 0 radical (unpaired) electrons. The zero-order chi connectivity index (χ0) is 15.4. The van der Waals surface area contributed by atoms with Crippen LogP contribution in [0.15, 0.2) is 18.2 Å². The molecule has 120 valence electrons. The molecule has 22 heavy (non-hydrogen) atoms. The quantitative estimate of drug-likeness (QED) is 0.891. The molecule has 0 aromatic heterocycles. The number of hydrogen-bond acceptors (Lipinski definition) is 5. The molecule has 0 spiro atoms. The first kappa shape index (κ1) is 15.0. The Kier molecular flexibility index (Phi) is 4.68. The normalized spacial score (nSPS) is 17.6. The van der Waals surface area contributed by atoms with Crippen molar-refractivity contribution in [2.75, 3.05) is 51.4 Å². The maximum atomic E-state index is 12.2. The molecule has 1 saturated heterocycles. The molecule has 0 saturated carbocycles. The highest BCUT2D eigenvalue weighted by Gasteiger charge is 2.19. The van der Waals surface area contributed by atoms with Gasteiger partial charge in [-0.05, 0) is 18.7 Å². The van der Waals surface area contributed by atoms with Gasteiger partial charge in [0.15, 0.2) is 11.5 Å². The van der Waals surface area contributed by atoms with E-state index >= 15 is 0 Å². The molecule has 1 fully saturated rings. The van der Waals surface area contributed by atoms with Gasteiger partial charge >= 0.3 is 0 Å². The van der Waals surface area contributed by atoms with E-state index in [2.05, 4.69) is 17.1 Å². The summed E-state index contributed by atoms with van der Waals surface area (Å²) in [4.78, 5) is 16.5. The second-order valence-electron chi connectivity index (χ2n) is 5.56. The summed E-state index contributed by atoms with van der Waals surface area (Å²) in [5, 5.41) is 3.27. The zero-order valence-corrected chi connectivity index (χ0v) is 13.0. The van der Waals surface area contributed by atoms with Crippen LogP contribution in [0.25, 0.3) is 0 Å². The summed E-state index contributed by atoms with van der Waals surface area (Å²) >= 11 is 0. The molecule has 1 amide bonds. The number of ether oxygens (including phenoxy) is 2. The summed E-state index contributed by atoms with van der Waals surface area (Å²) in [6, 6.07) is 5.74. The Balaban J connectivity index is 1.42. The van der Waals surface area contributed by atoms with Crippen molar-refractivity contribution in [2.45, 2.75) is 13.3 Å². The van der Waals surface area contributed by atoms with E-state index in [1.165, 1.54) is 0 Å². The number of hydrogen-bond donors (Lipinski definition) is 1. The van der Waals surface area contributed by atoms with Crippen molar-refractivity contribution in [1.82, 2.24) is 9.80 Å². The molecule has 2 aliphatic rings. The van der Waals surface area contributed by atoms with Crippen LogP contribution in [0.2, 0.25) is 0 Å². The summed E-state index contributed by atoms with van der Waals surface area (Å²) in [6.45, 7) is 7.79. The number of nitrogens with zero attached hydrogens (tertiary/aromatic N) is 2. The van der Waals surface area contributed by atoms with Crippen molar-refractivity contribution >= 4 is 11.6 Å². The van der Waals surface area contributed by atoms with Gasteiger partial charge in [-0.2, -0.15) is 0 Å². The predicted octanol–water partition coefficient (Wildman–Crippen LogP) is 1.38. The molecule has 0 bridgehead atoms. The fourth-order valence-corrected chi connectivity index (χ4v) is 2.79. The fraction of sp³-hybridized carbons (Fsp3) is 0.562. The van der Waals surface area contributed by atoms with Crippen molar-refractivity contribution in [2.24, 2.45) is 0 Å². The van der Waals surface area contributed by atoms with Crippen LogP contribution < -0.4 is 14.8 Å². The lowest BCUT2D eigenvalue weighted by Crippen LogP contribution is -2.48. The molecule has 0 aliphatic carbocycles. The van der Waals surface area contributed by atoms with E-state index < -0.39 is 0 Å². The maximum absolute atomic E-state index is 12.2. The molecule has 2 aliphatic heterocycles. The van der Waals surface area contributed by atoms with Gasteiger partial charge in [-0.1, -0.05) is 6.92 Å². The van der Waals surface area contributed by atoms with Gasteiger partial charge in [0.05, 0.1) is 0 Å². The number of carbonyl (C=O) groups is 1. The van der Waals surface area contributed by atoms with E-state index in [0.29, 0.717) is 13.0 Å². The number of anilines is 1. The first-order valence-electron chi connectivity index (χ1n) is 7.90. The number of amides is 1. The van der Waals surface area contributed by atoms with Crippen molar-refractivity contribution in [1.29, 1.82) is 0 Å². The van der Waals surface area contributed by atoms with Crippen LogP contribution in [-0.4, -0.2) is 61.8 Å². The van der Waals surface area contributed by atoms with Crippen LogP contribution in [0.4, 0.5) is 5.69 Å². The predicted molar refractivity (Wildman–Crippen MR) is 84.4 cm³/mol. The Morgan fingerprint density at radius 3 is 2.73 bits per heavy atom. The lowest BCUT2D eigenvalue weighted by atomic mass is 10.2. The van der Waals surface area contributed by atoms with Crippen molar-refractivity contribution in [3.05, 3.63) is 18.2 Å². The number of benzene rings is 1. The number of likely N-dealkylation sites (N-methyl/N-ethyl adjacent to an activating group) is 1. The summed E-state index contributed by atoms with van der Waals surface area (Å²) in [5.41, 5.74) is 0.952. The van der Waals surface area contributed by atoms with E-state index in [1.807, 2.05) is 23.1 Å². The van der Waals surface area contributed by atoms with Gasteiger partial charge in [0.1, 0.15) is 0 Å². The first-order chi connectivity index (χ1) is 10.8. The molecule has 0 unspecified atom stereocenters. The molecule has 6 nitrogen and oxygen atoms in total. The van der Waals surface area contributed by atoms with Crippen LogP contribution in [0.3, 0.4) is 0 Å². The first-order valence-corrected chi connectivity index (χ1v) is 7.90. The average Bonchev–Trinajstić information content (AvgIpc) is 3.02. The number of nitrogens with one attached hydrogen (secondary N) is 1. The van der Waals surface area contributed by atoms with Gasteiger partial charge in [0.2, 0.25) is 12.7 Å². The minimum Gasteiger partial charge on any atom is -0.454 e. The summed E-state index contributed by atoms with van der Waals surface area (Å²) in [6.07, 6.45) is 0.514. The summed E-state index contributed by atoms with van der Waals surface area (Å²) < 4.78 is 10.6. The SMILES string of the molecule is CCN1CCN(C(=O)CCNc2ccc3c(c2)OCO3)CC1. The Labute approximate surface area is 131 Å². The Morgan fingerprint density at radius 2 is 1.95 bits per heavy atom. The summed E-state index contributed by atoms with van der Waals surface area (Å²) in [5.74, 6) is 1.76. The molecule has 2 heterocycles. The number of carbonyl (C=O) groups excluding carboxylic acids is 1. The number of piperazine rings is 1. The molecular formula is C16H23N3O3. The van der Waals surface area contributed by atoms with E-state index in [4.69, 9.17) is 9.47 Å². The van der Waals surface area contributed by atoms with Gasteiger partial charge in [-0.25, -0.2) is 0 Å². The van der Waals surface area contributed by atoms with Crippen molar-refractivity contribution < 1.29 is 14.3 Å². The average molecular weight is 305 g/mol. The highest BCUT2D eigenvalue weighted by molar-refractivity contribution is 5.77. The monoisotopic (exact) mass is 305 g/mol. The van der Waals surface area contributed by atoms with E-state index in [-0.39, 0.29) is 12.7 Å². The topological polar surface area (TPSA) is 54.0 Å². The largest absolute Gasteiger partial charge is 0.454 e. The lowest BCUT2D eigenvalue weighted by molar-refractivity contribution is -0.132. The van der Waals surface area contributed by atoms with Gasteiger partial charge in [0, 0.05) is 50.9 Å². The second-order valence-corrected chi connectivity index (χ2v) is 5.56. The van der Waals surface area contributed by atoms with Crippen molar-refractivity contribution in [3.63, 3.8) is 0 Å². The van der Waals surface area contributed by atoms with E-state index in [1.54, 1.807) is 0 Å². The second kappa shape index (κ2) is 6.87. The third kappa shape index (κ3) is 3.44. The van der Waals surface area contributed by atoms with E-state index in [0.717, 1.165) is 49.9 Å². The molecule has 3 rings (SSSR count). The molecule has 6 heteroatoms. The van der Waals surface area contributed by atoms with Crippen LogP contribution in [0.1, 0.15) is 13.3 Å². The summed E-state index contributed by atoms with van der Waals surface area (Å²) in [7, 11) is 0. The fourth-order valence-electron chi connectivity index (χ4n) is 2.79. The Hall–Kier alpha value is -1.95. The third-order valence-electron chi connectivity index (χ3n) is 4.21. The third-order valence-corrected chi connectivity index (χ3v) is 4.21. The Bertz CT molecular complexity index is 527. The zero-order valence-electron chi connectivity index (χ0n) is 13.0. The number of fused-ring (bicyclic) bond motifs is 1. The lowest BCUT2D eigenvalue weighted by Gasteiger charge is -2.34. The molecule has 1 aromatic carbocycles. The molecular weight excluding hydrogens is 282 g/mol. The molecule has 0 atom stereocenters. The van der Waals surface area contributed by atoms with Gasteiger partial charge in [-0.15, -0.1) is 0 Å². The van der Waals surface area contributed by atoms with Crippen LogP contribution in [0, 0.1) is 0 Å². The molecule has 1 aromatic rings. The highest BCUT2D eigenvalue weighted by atomic mass is 16.7. The van der Waals surface area contributed by atoms with Gasteiger partial charge in [-0.3, -0.25) is 4.79 Å². The van der Waals surface area contributed by atoms with Crippen LogP contribution in [0.5, 0.6) is 11.5 Å². The number of rotatable bonds is 5. The minimum atomic E-state index is 0.226. The standard InChI is InChI=1S/C16H23N3O3/c1-2-18-7-9-19(10-8-18)16(20)5-6-17-13-3-4-14-15(11-13)22-12-21-14/h3-4,11,17H,2,5-10,12H2,1H3.